The zero-order valence-electron chi connectivity index (χ0n) is 24.7. The van der Waals surface area contributed by atoms with E-state index in [0.29, 0.717) is 47.1 Å². The first kappa shape index (κ1) is 30.4. The van der Waals surface area contributed by atoms with Crippen molar-refractivity contribution in [2.75, 3.05) is 13.4 Å². The minimum absolute atomic E-state index is 0.0360. The van der Waals surface area contributed by atoms with E-state index in [9.17, 15) is 18.0 Å². The fourth-order valence-electron chi connectivity index (χ4n) is 5.05. The van der Waals surface area contributed by atoms with Crippen LogP contribution in [0.5, 0.6) is 23.0 Å². The first-order chi connectivity index (χ1) is 22.2. The lowest BCUT2D eigenvalue weighted by Gasteiger charge is -2.17. The highest BCUT2D eigenvalue weighted by Gasteiger charge is 2.31. The molecule has 0 amide bonds. The van der Waals surface area contributed by atoms with Gasteiger partial charge < -0.3 is 18.9 Å². The number of alkyl halides is 3. The summed E-state index contributed by atoms with van der Waals surface area (Å²) in [6.45, 7) is 6.46. The van der Waals surface area contributed by atoms with Crippen molar-refractivity contribution in [1.82, 2.24) is 9.66 Å². The van der Waals surface area contributed by atoms with Crippen LogP contribution in [0.15, 0.2) is 101 Å². The van der Waals surface area contributed by atoms with E-state index >= 15 is 0 Å². The van der Waals surface area contributed by atoms with E-state index in [1.807, 2.05) is 31.2 Å². The Balaban J connectivity index is 1.40. The minimum Gasteiger partial charge on any atom is -0.490 e. The van der Waals surface area contributed by atoms with Gasteiger partial charge in [0.1, 0.15) is 6.61 Å². The number of hydrogen-bond donors (Lipinski definition) is 0. The smallest absolute Gasteiger partial charge is 0.416 e. The SMILES string of the molecule is C=CCc1cc(C=Nn2c(-c3cccc(C(F)(F)F)c3)nc3ccccc3c2=O)cc(OCC)c1OCc1ccc2c(c1)OCO2. The molecular formula is C35H28F3N3O5. The van der Waals surface area contributed by atoms with Crippen molar-refractivity contribution in [2.24, 2.45) is 5.10 Å². The Morgan fingerprint density at radius 1 is 1.00 bits per heavy atom. The second-order valence-electron chi connectivity index (χ2n) is 10.3. The van der Waals surface area contributed by atoms with Gasteiger partial charge in [-0.25, -0.2) is 4.98 Å². The number of allylic oxidation sites excluding steroid dienone is 1. The summed E-state index contributed by atoms with van der Waals surface area (Å²) in [5.41, 5.74) is 1.21. The fraction of sp³-hybridized carbons (Fsp3) is 0.171. The van der Waals surface area contributed by atoms with Crippen LogP contribution < -0.4 is 24.5 Å². The van der Waals surface area contributed by atoms with Crippen molar-refractivity contribution in [1.29, 1.82) is 0 Å². The van der Waals surface area contributed by atoms with Crippen LogP contribution in [0.25, 0.3) is 22.3 Å². The standard InChI is InChI=1S/C35H28F3N3O5/c1-3-8-24-15-23(17-31(43-4-2)32(24)44-20-22-13-14-29-30(16-22)46-21-45-29)19-39-41-33(25-9-7-10-26(18-25)35(36,37)38)40-28-12-6-5-11-27(28)34(41)42/h3,5-7,9-19H,1,4,8,20-21H2,2H3. The summed E-state index contributed by atoms with van der Waals surface area (Å²) in [7, 11) is 0. The lowest BCUT2D eigenvalue weighted by Crippen LogP contribution is -2.20. The monoisotopic (exact) mass is 627 g/mol. The van der Waals surface area contributed by atoms with Crippen LogP contribution in [0.2, 0.25) is 0 Å². The van der Waals surface area contributed by atoms with Gasteiger partial charge in [0, 0.05) is 11.1 Å². The second-order valence-corrected chi connectivity index (χ2v) is 10.3. The van der Waals surface area contributed by atoms with Crippen LogP contribution >= 0.6 is 0 Å². The number of fused-ring (bicyclic) bond motifs is 2. The number of aromatic nitrogens is 2. The maximum atomic E-state index is 13.6. The molecule has 0 unspecified atom stereocenters. The average molecular weight is 628 g/mol. The van der Waals surface area contributed by atoms with Crippen molar-refractivity contribution in [2.45, 2.75) is 26.1 Å². The predicted molar refractivity (Wildman–Crippen MR) is 168 cm³/mol. The van der Waals surface area contributed by atoms with Gasteiger partial charge in [0.25, 0.3) is 5.56 Å². The molecule has 1 aliphatic heterocycles. The fourth-order valence-corrected chi connectivity index (χ4v) is 5.05. The number of ether oxygens (including phenoxy) is 4. The van der Waals surface area contributed by atoms with E-state index in [1.54, 1.807) is 36.4 Å². The van der Waals surface area contributed by atoms with Gasteiger partial charge in [0.2, 0.25) is 6.79 Å². The topological polar surface area (TPSA) is 84.2 Å². The lowest BCUT2D eigenvalue weighted by atomic mass is 10.1. The third kappa shape index (κ3) is 6.30. The van der Waals surface area contributed by atoms with Crippen LogP contribution in [0, 0.1) is 0 Å². The molecule has 8 nitrogen and oxygen atoms in total. The molecule has 234 valence electrons. The van der Waals surface area contributed by atoms with E-state index in [-0.39, 0.29) is 30.2 Å². The van der Waals surface area contributed by atoms with Crippen LogP contribution in [0.1, 0.15) is 29.2 Å². The maximum Gasteiger partial charge on any atom is 0.416 e. The van der Waals surface area contributed by atoms with Gasteiger partial charge in [0.15, 0.2) is 28.8 Å². The highest BCUT2D eigenvalue weighted by molar-refractivity contribution is 5.83. The third-order valence-corrected chi connectivity index (χ3v) is 7.16. The molecule has 1 aromatic heterocycles. The number of halogens is 3. The van der Waals surface area contributed by atoms with E-state index in [0.717, 1.165) is 27.9 Å². The lowest BCUT2D eigenvalue weighted by molar-refractivity contribution is -0.137. The number of hydrogen-bond acceptors (Lipinski definition) is 7. The van der Waals surface area contributed by atoms with Crippen molar-refractivity contribution in [3.8, 4) is 34.4 Å². The first-order valence-electron chi connectivity index (χ1n) is 14.4. The molecule has 0 bridgehead atoms. The molecular weight excluding hydrogens is 599 g/mol. The van der Waals surface area contributed by atoms with E-state index in [2.05, 4.69) is 16.7 Å². The second kappa shape index (κ2) is 12.8. The Hall–Kier alpha value is -5.58. The van der Waals surface area contributed by atoms with Gasteiger partial charge in [-0.05, 0) is 73.0 Å². The molecule has 0 saturated carbocycles. The molecule has 5 aromatic rings. The van der Waals surface area contributed by atoms with Gasteiger partial charge in [-0.1, -0.05) is 36.4 Å². The quantitative estimate of drug-likeness (QED) is 0.119. The van der Waals surface area contributed by atoms with Crippen molar-refractivity contribution in [3.63, 3.8) is 0 Å². The molecule has 46 heavy (non-hydrogen) atoms. The molecule has 2 heterocycles. The number of rotatable bonds is 10. The highest BCUT2D eigenvalue weighted by Crippen LogP contribution is 2.37. The van der Waals surface area contributed by atoms with Crippen molar-refractivity contribution >= 4 is 17.1 Å². The van der Waals surface area contributed by atoms with Crippen molar-refractivity contribution < 1.29 is 32.1 Å². The summed E-state index contributed by atoms with van der Waals surface area (Å²) in [6, 6.07) is 20.4. The molecule has 4 aromatic carbocycles. The molecule has 0 saturated heterocycles. The van der Waals surface area contributed by atoms with Crippen molar-refractivity contribution in [3.05, 3.63) is 124 Å². The summed E-state index contributed by atoms with van der Waals surface area (Å²) < 4.78 is 64.8. The summed E-state index contributed by atoms with van der Waals surface area (Å²) in [4.78, 5) is 18.2. The number of para-hydroxylation sites is 1. The van der Waals surface area contributed by atoms with Crippen LogP contribution in [-0.2, 0) is 19.2 Å². The average Bonchev–Trinajstić information content (AvgIpc) is 3.52. The van der Waals surface area contributed by atoms with Crippen LogP contribution in [0.3, 0.4) is 0 Å². The molecule has 0 atom stereocenters. The molecule has 6 rings (SSSR count). The van der Waals surface area contributed by atoms with Crippen LogP contribution in [0.4, 0.5) is 13.2 Å². The van der Waals surface area contributed by atoms with Gasteiger partial charge in [0.05, 0.1) is 29.3 Å². The maximum absolute atomic E-state index is 13.6. The zero-order chi connectivity index (χ0) is 32.3. The molecule has 1 aliphatic rings. The molecule has 0 radical (unpaired) electrons. The molecule has 11 heteroatoms. The minimum atomic E-state index is -4.58. The Bertz CT molecular complexity index is 2020. The summed E-state index contributed by atoms with van der Waals surface area (Å²) in [6.07, 6.45) is -0.981. The predicted octanol–water partition coefficient (Wildman–Crippen LogP) is 7.40. The largest absolute Gasteiger partial charge is 0.490 e. The Morgan fingerprint density at radius 2 is 1.83 bits per heavy atom. The number of benzene rings is 4. The normalized spacial score (nSPS) is 12.5. The Morgan fingerprint density at radius 3 is 2.63 bits per heavy atom. The highest BCUT2D eigenvalue weighted by atomic mass is 19.4. The van der Waals surface area contributed by atoms with E-state index in [4.69, 9.17) is 18.9 Å². The third-order valence-electron chi connectivity index (χ3n) is 7.16. The number of nitrogens with zero attached hydrogens (tertiary/aromatic N) is 3. The zero-order valence-corrected chi connectivity index (χ0v) is 24.7. The molecule has 0 N–H and O–H groups in total. The van der Waals surface area contributed by atoms with E-state index in [1.165, 1.54) is 18.3 Å². The molecule has 0 aliphatic carbocycles. The summed E-state index contributed by atoms with van der Waals surface area (Å²) in [5.74, 6) is 2.25. The van der Waals surface area contributed by atoms with Gasteiger partial charge in [-0.2, -0.15) is 22.9 Å². The van der Waals surface area contributed by atoms with Gasteiger partial charge in [-0.15, -0.1) is 6.58 Å². The summed E-state index contributed by atoms with van der Waals surface area (Å²) >= 11 is 0. The Kier molecular flexibility index (Phi) is 8.47. The molecule has 0 fully saturated rings. The van der Waals surface area contributed by atoms with Gasteiger partial charge >= 0.3 is 6.18 Å². The summed E-state index contributed by atoms with van der Waals surface area (Å²) in [5, 5.41) is 4.71. The first-order valence-corrected chi connectivity index (χ1v) is 14.4. The molecule has 0 spiro atoms. The van der Waals surface area contributed by atoms with Crippen LogP contribution in [-0.4, -0.2) is 29.3 Å². The van der Waals surface area contributed by atoms with E-state index < -0.39 is 17.3 Å². The van der Waals surface area contributed by atoms with Gasteiger partial charge in [-0.3, -0.25) is 4.79 Å². The Labute approximate surface area is 262 Å².